The molecule has 0 bridgehead atoms. The Hall–Kier alpha value is -1.94. The van der Waals surface area contributed by atoms with Crippen molar-refractivity contribution in [2.24, 2.45) is 12.8 Å². The molecule has 0 spiro atoms. The van der Waals surface area contributed by atoms with Gasteiger partial charge in [-0.3, -0.25) is 4.79 Å². The van der Waals surface area contributed by atoms with Crippen molar-refractivity contribution in [3.05, 3.63) is 36.0 Å². The van der Waals surface area contributed by atoms with Crippen molar-refractivity contribution in [1.29, 1.82) is 0 Å². The van der Waals surface area contributed by atoms with Gasteiger partial charge in [-0.15, -0.1) is 0 Å². The summed E-state index contributed by atoms with van der Waals surface area (Å²) in [5.74, 6) is -0.108. The van der Waals surface area contributed by atoms with Crippen LogP contribution < -0.4 is 5.73 Å². The average Bonchev–Trinajstić information content (AvgIpc) is 2.67. The van der Waals surface area contributed by atoms with Gasteiger partial charge in [0.05, 0.1) is 11.7 Å². The predicted molar refractivity (Wildman–Crippen MR) is 65.9 cm³/mol. The average molecular weight is 230 g/mol. The smallest absolute Gasteiger partial charge is 0.181 e. The maximum atomic E-state index is 11.9. The second-order valence-corrected chi connectivity index (χ2v) is 4.07. The number of Topliss-reactive ketones (excluding diaryl/α,β-unsaturated/α-hetero) is 1. The second kappa shape index (κ2) is 4.51. The van der Waals surface area contributed by atoms with Crippen molar-refractivity contribution < 1.29 is 9.59 Å². The van der Waals surface area contributed by atoms with Crippen LogP contribution >= 0.6 is 0 Å². The molecular formula is C13H14N2O2. The second-order valence-electron chi connectivity index (χ2n) is 4.07. The van der Waals surface area contributed by atoms with E-state index in [1.165, 1.54) is 0 Å². The van der Waals surface area contributed by atoms with E-state index in [9.17, 15) is 9.59 Å². The van der Waals surface area contributed by atoms with E-state index in [0.29, 0.717) is 12.0 Å². The molecule has 0 amide bonds. The number of aromatic nitrogens is 1. The van der Waals surface area contributed by atoms with Gasteiger partial charge < -0.3 is 15.1 Å². The van der Waals surface area contributed by atoms with Crippen molar-refractivity contribution in [2.45, 2.75) is 12.5 Å². The molecule has 2 rings (SSSR count). The van der Waals surface area contributed by atoms with Gasteiger partial charge in [0.2, 0.25) is 0 Å². The molecule has 4 heteroatoms. The van der Waals surface area contributed by atoms with E-state index in [-0.39, 0.29) is 12.2 Å². The number of rotatable bonds is 4. The molecule has 1 unspecified atom stereocenters. The number of aryl methyl sites for hydroxylation is 1. The number of hydrogen-bond acceptors (Lipinski definition) is 3. The van der Waals surface area contributed by atoms with Crippen molar-refractivity contribution in [1.82, 2.24) is 4.57 Å². The molecule has 2 aromatic rings. The summed E-state index contributed by atoms with van der Waals surface area (Å²) < 4.78 is 1.83. The monoisotopic (exact) mass is 230 g/mol. The minimum atomic E-state index is -0.722. The molecule has 0 saturated heterocycles. The summed E-state index contributed by atoms with van der Waals surface area (Å²) in [6, 6.07) is 8.86. The van der Waals surface area contributed by atoms with E-state index >= 15 is 0 Å². The number of nitrogens with two attached hydrogens (primary N) is 1. The van der Waals surface area contributed by atoms with Crippen LogP contribution in [0.15, 0.2) is 30.3 Å². The lowest BCUT2D eigenvalue weighted by Gasteiger charge is -2.05. The van der Waals surface area contributed by atoms with Gasteiger partial charge in [0.1, 0.15) is 6.29 Å². The molecule has 0 aliphatic carbocycles. The van der Waals surface area contributed by atoms with Crippen LogP contribution in [0.2, 0.25) is 0 Å². The number of hydrogen-bond donors (Lipinski definition) is 1. The summed E-state index contributed by atoms with van der Waals surface area (Å²) in [5, 5.41) is 1.01. The van der Waals surface area contributed by atoms with Crippen LogP contribution in [0.4, 0.5) is 0 Å². The Morgan fingerprint density at radius 1 is 1.47 bits per heavy atom. The Morgan fingerprint density at radius 2 is 2.18 bits per heavy atom. The van der Waals surface area contributed by atoms with Gasteiger partial charge in [-0.05, 0) is 12.1 Å². The van der Waals surface area contributed by atoms with Crippen LogP contribution in [0.1, 0.15) is 16.9 Å². The molecule has 1 heterocycles. The highest BCUT2D eigenvalue weighted by atomic mass is 16.1. The van der Waals surface area contributed by atoms with Crippen molar-refractivity contribution in [3.63, 3.8) is 0 Å². The first kappa shape index (κ1) is 11.5. The van der Waals surface area contributed by atoms with Crippen molar-refractivity contribution in [3.8, 4) is 0 Å². The molecular weight excluding hydrogens is 216 g/mol. The van der Waals surface area contributed by atoms with Gasteiger partial charge >= 0.3 is 0 Å². The lowest BCUT2D eigenvalue weighted by molar-refractivity contribution is -0.108. The first-order chi connectivity index (χ1) is 8.13. The van der Waals surface area contributed by atoms with Crippen LogP contribution in [0.5, 0.6) is 0 Å². The standard InChI is InChI=1S/C13H14N2O2/c1-15-11-5-3-2-4-9(11)6-12(15)13(17)7-10(14)8-16/h2-6,8,10H,7,14H2,1H3. The molecule has 1 aromatic carbocycles. The van der Waals surface area contributed by atoms with E-state index < -0.39 is 6.04 Å². The fourth-order valence-electron chi connectivity index (χ4n) is 1.92. The lowest BCUT2D eigenvalue weighted by atomic mass is 10.1. The predicted octanol–water partition coefficient (Wildman–Crippen LogP) is 1.28. The zero-order chi connectivity index (χ0) is 12.4. The lowest BCUT2D eigenvalue weighted by Crippen LogP contribution is -2.25. The number of nitrogens with zero attached hydrogens (tertiary/aromatic N) is 1. The van der Waals surface area contributed by atoms with Gasteiger partial charge in [0.15, 0.2) is 5.78 Å². The van der Waals surface area contributed by atoms with Crippen molar-refractivity contribution >= 4 is 23.0 Å². The Labute approximate surface area is 99.0 Å². The maximum Gasteiger partial charge on any atom is 0.181 e. The normalized spacial score (nSPS) is 12.6. The van der Waals surface area contributed by atoms with E-state index in [1.807, 2.05) is 41.9 Å². The van der Waals surface area contributed by atoms with Crippen LogP contribution in [0.3, 0.4) is 0 Å². The molecule has 0 radical (unpaired) electrons. The minimum Gasteiger partial charge on any atom is -0.341 e. The highest BCUT2D eigenvalue weighted by Gasteiger charge is 2.15. The van der Waals surface area contributed by atoms with Crippen LogP contribution in [-0.2, 0) is 11.8 Å². The number of fused-ring (bicyclic) bond motifs is 1. The Balaban J connectivity index is 2.39. The highest BCUT2D eigenvalue weighted by molar-refractivity contribution is 6.01. The third kappa shape index (κ3) is 2.12. The van der Waals surface area contributed by atoms with Crippen molar-refractivity contribution in [2.75, 3.05) is 0 Å². The van der Waals surface area contributed by atoms with Gasteiger partial charge in [-0.2, -0.15) is 0 Å². The van der Waals surface area contributed by atoms with E-state index in [1.54, 1.807) is 0 Å². The third-order valence-corrected chi connectivity index (χ3v) is 2.83. The Morgan fingerprint density at radius 3 is 2.82 bits per heavy atom. The van der Waals surface area contributed by atoms with E-state index in [4.69, 9.17) is 5.73 Å². The quantitative estimate of drug-likeness (QED) is 0.635. The van der Waals surface area contributed by atoms with Gasteiger partial charge in [0.25, 0.3) is 0 Å². The van der Waals surface area contributed by atoms with Crippen LogP contribution in [-0.4, -0.2) is 22.7 Å². The summed E-state index contributed by atoms with van der Waals surface area (Å²) in [6.45, 7) is 0. The topological polar surface area (TPSA) is 65.1 Å². The first-order valence-electron chi connectivity index (χ1n) is 5.42. The summed E-state index contributed by atoms with van der Waals surface area (Å²) >= 11 is 0. The molecule has 0 aliphatic heterocycles. The number of para-hydroxylation sites is 1. The Bertz CT molecular complexity index is 572. The van der Waals surface area contributed by atoms with E-state index in [0.717, 1.165) is 10.9 Å². The largest absolute Gasteiger partial charge is 0.341 e. The van der Waals surface area contributed by atoms with Crippen LogP contribution in [0.25, 0.3) is 10.9 Å². The van der Waals surface area contributed by atoms with Gasteiger partial charge in [-0.1, -0.05) is 18.2 Å². The zero-order valence-electron chi connectivity index (χ0n) is 9.59. The summed E-state index contributed by atoms with van der Waals surface area (Å²) in [5.41, 5.74) is 7.04. The molecule has 4 nitrogen and oxygen atoms in total. The molecule has 17 heavy (non-hydrogen) atoms. The molecule has 2 N–H and O–H groups in total. The van der Waals surface area contributed by atoms with Gasteiger partial charge in [-0.25, -0.2) is 0 Å². The number of ketones is 1. The SMILES string of the molecule is Cn1c(C(=O)CC(N)C=O)cc2ccccc21. The fourth-order valence-corrected chi connectivity index (χ4v) is 1.92. The Kier molecular flexibility index (Phi) is 3.06. The number of carbonyl (C=O) groups is 2. The minimum absolute atomic E-state index is 0.0493. The van der Waals surface area contributed by atoms with Gasteiger partial charge in [0, 0.05) is 24.4 Å². The number of benzene rings is 1. The summed E-state index contributed by atoms with van der Waals surface area (Å²) in [4.78, 5) is 22.4. The molecule has 0 aliphatic rings. The maximum absolute atomic E-state index is 11.9. The third-order valence-electron chi connectivity index (χ3n) is 2.83. The van der Waals surface area contributed by atoms with E-state index in [2.05, 4.69) is 0 Å². The molecule has 1 atom stereocenters. The molecule has 88 valence electrons. The molecule has 0 saturated carbocycles. The molecule has 1 aromatic heterocycles. The first-order valence-corrected chi connectivity index (χ1v) is 5.42. The fraction of sp³-hybridized carbons (Fsp3) is 0.231. The molecule has 0 fully saturated rings. The summed E-state index contributed by atoms with van der Waals surface area (Å²) in [7, 11) is 1.84. The van der Waals surface area contributed by atoms with Crippen LogP contribution in [0, 0.1) is 0 Å². The highest BCUT2D eigenvalue weighted by Crippen LogP contribution is 2.19. The number of aldehydes is 1. The number of carbonyl (C=O) groups excluding carboxylic acids is 2. The zero-order valence-corrected chi connectivity index (χ0v) is 9.59. The summed E-state index contributed by atoms with van der Waals surface area (Å²) in [6.07, 6.45) is 0.647.